The van der Waals surface area contributed by atoms with E-state index in [1.165, 1.54) is 12.1 Å². The number of rotatable bonds is 4. The van der Waals surface area contributed by atoms with Crippen LogP contribution < -0.4 is 4.74 Å². The molecule has 4 heteroatoms. The molecule has 0 saturated heterocycles. The zero-order chi connectivity index (χ0) is 14.5. The van der Waals surface area contributed by atoms with Crippen LogP contribution in [0.3, 0.4) is 0 Å². The Kier molecular flexibility index (Phi) is 4.34. The average Bonchev–Trinajstić information content (AvgIpc) is 2.49. The molecular formula is C16H14FNO2. The van der Waals surface area contributed by atoms with E-state index in [2.05, 4.69) is 0 Å². The molecule has 0 heterocycles. The zero-order valence-corrected chi connectivity index (χ0v) is 11.0. The van der Waals surface area contributed by atoms with Crippen molar-refractivity contribution in [1.82, 2.24) is 0 Å². The van der Waals surface area contributed by atoms with Crippen LogP contribution >= 0.6 is 0 Å². The highest BCUT2D eigenvalue weighted by Gasteiger charge is 2.08. The second kappa shape index (κ2) is 6.18. The van der Waals surface area contributed by atoms with Crippen molar-refractivity contribution in [3.63, 3.8) is 0 Å². The predicted octanol–water partition coefficient (Wildman–Crippen LogP) is 3.93. The Labute approximate surface area is 116 Å². The number of hydrogen-bond donors (Lipinski definition) is 1. The number of aliphatic hydroxyl groups excluding tert-OH is 1. The molecule has 2 rings (SSSR count). The van der Waals surface area contributed by atoms with E-state index in [-0.39, 0.29) is 11.3 Å². The summed E-state index contributed by atoms with van der Waals surface area (Å²) >= 11 is 0. The van der Waals surface area contributed by atoms with E-state index >= 15 is 0 Å². The van der Waals surface area contributed by atoms with E-state index in [0.29, 0.717) is 12.2 Å². The first-order chi connectivity index (χ1) is 9.63. The quantitative estimate of drug-likeness (QED) is 0.916. The number of ether oxygens (including phenoxy) is 1. The first kappa shape index (κ1) is 14.0. The Balaban J connectivity index is 2.16. The molecule has 0 spiro atoms. The van der Waals surface area contributed by atoms with Gasteiger partial charge in [0.1, 0.15) is 5.75 Å². The van der Waals surface area contributed by atoms with Crippen LogP contribution in [0.2, 0.25) is 0 Å². The first-order valence-electron chi connectivity index (χ1n) is 6.29. The fourth-order valence-electron chi connectivity index (χ4n) is 1.77. The molecule has 1 N–H and O–H groups in total. The van der Waals surface area contributed by atoms with Gasteiger partial charge in [0, 0.05) is 0 Å². The number of aliphatic hydroxyl groups is 1. The Morgan fingerprint density at radius 1 is 1.25 bits per heavy atom. The highest BCUT2D eigenvalue weighted by molar-refractivity contribution is 5.39. The molecule has 0 aliphatic rings. The van der Waals surface area contributed by atoms with Gasteiger partial charge in [-0.15, -0.1) is 0 Å². The fraction of sp³-hybridized carbons (Fsp3) is 0.188. The molecule has 2 aromatic rings. The molecule has 0 aliphatic heterocycles. The van der Waals surface area contributed by atoms with Crippen LogP contribution in [0, 0.1) is 17.1 Å². The molecule has 0 saturated carbocycles. The summed E-state index contributed by atoms with van der Waals surface area (Å²) in [6.45, 7) is 1.89. The van der Waals surface area contributed by atoms with Gasteiger partial charge in [0.25, 0.3) is 0 Å². The van der Waals surface area contributed by atoms with E-state index in [4.69, 9.17) is 10.00 Å². The Morgan fingerprint density at radius 2 is 1.95 bits per heavy atom. The molecular weight excluding hydrogens is 257 g/mol. The molecule has 0 aromatic heterocycles. The topological polar surface area (TPSA) is 53.2 Å². The highest BCUT2D eigenvalue weighted by atomic mass is 19.1. The number of halogens is 1. The van der Waals surface area contributed by atoms with Crippen molar-refractivity contribution in [3.05, 3.63) is 59.4 Å². The molecule has 1 atom stereocenters. The summed E-state index contributed by atoms with van der Waals surface area (Å²) in [6.07, 6.45) is 0.125. The minimum absolute atomic E-state index is 0.0628. The van der Waals surface area contributed by atoms with Crippen molar-refractivity contribution in [2.45, 2.75) is 19.4 Å². The number of benzene rings is 2. The molecule has 0 unspecified atom stereocenters. The van der Waals surface area contributed by atoms with Crippen LogP contribution in [-0.4, -0.2) is 5.11 Å². The van der Waals surface area contributed by atoms with Gasteiger partial charge in [0.05, 0.1) is 17.7 Å². The Hall–Kier alpha value is -2.38. The van der Waals surface area contributed by atoms with Crippen molar-refractivity contribution >= 4 is 0 Å². The minimum atomic E-state index is -0.582. The predicted molar refractivity (Wildman–Crippen MR) is 72.9 cm³/mol. The summed E-state index contributed by atoms with van der Waals surface area (Å²) < 4.78 is 19.1. The van der Waals surface area contributed by atoms with Crippen LogP contribution in [0.1, 0.15) is 30.6 Å². The molecule has 0 amide bonds. The maximum absolute atomic E-state index is 13.7. The lowest BCUT2D eigenvalue weighted by molar-refractivity contribution is 0.173. The largest absolute Gasteiger partial charge is 0.454 e. The van der Waals surface area contributed by atoms with Gasteiger partial charge in [-0.3, -0.25) is 0 Å². The van der Waals surface area contributed by atoms with Gasteiger partial charge in [-0.25, -0.2) is 4.39 Å². The van der Waals surface area contributed by atoms with E-state index in [1.54, 1.807) is 24.3 Å². The van der Waals surface area contributed by atoms with Gasteiger partial charge in [-0.1, -0.05) is 19.1 Å². The maximum Gasteiger partial charge on any atom is 0.167 e. The van der Waals surface area contributed by atoms with Gasteiger partial charge in [-0.05, 0) is 42.3 Å². The Morgan fingerprint density at radius 3 is 2.50 bits per heavy atom. The second-order valence-electron chi connectivity index (χ2n) is 4.35. The van der Waals surface area contributed by atoms with Gasteiger partial charge in [0.2, 0.25) is 0 Å². The fourth-order valence-corrected chi connectivity index (χ4v) is 1.77. The summed E-state index contributed by atoms with van der Waals surface area (Å²) in [5, 5.41) is 18.3. The van der Waals surface area contributed by atoms with Crippen molar-refractivity contribution in [3.8, 4) is 17.6 Å². The highest BCUT2D eigenvalue weighted by Crippen LogP contribution is 2.26. The molecule has 0 bridgehead atoms. The SMILES string of the molecule is CC[C@@H](O)c1ccc(Oc2ccc(C#N)cc2F)cc1. The lowest BCUT2D eigenvalue weighted by Gasteiger charge is -2.10. The third kappa shape index (κ3) is 3.14. The van der Waals surface area contributed by atoms with Crippen LogP contribution in [0.25, 0.3) is 0 Å². The molecule has 0 aliphatic carbocycles. The monoisotopic (exact) mass is 271 g/mol. The van der Waals surface area contributed by atoms with E-state index in [9.17, 15) is 9.50 Å². The minimum Gasteiger partial charge on any atom is -0.454 e. The third-order valence-corrected chi connectivity index (χ3v) is 2.94. The van der Waals surface area contributed by atoms with Crippen molar-refractivity contribution < 1.29 is 14.2 Å². The second-order valence-corrected chi connectivity index (χ2v) is 4.35. The lowest BCUT2D eigenvalue weighted by Crippen LogP contribution is -1.95. The smallest absolute Gasteiger partial charge is 0.167 e. The molecule has 102 valence electrons. The summed E-state index contributed by atoms with van der Waals surface area (Å²) in [4.78, 5) is 0. The summed E-state index contributed by atoms with van der Waals surface area (Å²) in [5.74, 6) is -0.0461. The van der Waals surface area contributed by atoms with E-state index in [1.807, 2.05) is 13.0 Å². The van der Waals surface area contributed by atoms with Gasteiger partial charge >= 0.3 is 0 Å². The molecule has 0 fully saturated rings. The van der Waals surface area contributed by atoms with Gasteiger partial charge < -0.3 is 9.84 Å². The third-order valence-electron chi connectivity index (χ3n) is 2.94. The number of nitriles is 1. The van der Waals surface area contributed by atoms with Crippen LogP contribution in [0.4, 0.5) is 4.39 Å². The standard InChI is InChI=1S/C16H14FNO2/c1-2-15(19)12-4-6-13(7-5-12)20-16-8-3-11(10-18)9-14(16)17/h3-9,15,19H,2H2,1H3/t15-/m1/s1. The molecule has 2 aromatic carbocycles. The lowest BCUT2D eigenvalue weighted by atomic mass is 10.1. The van der Waals surface area contributed by atoms with E-state index in [0.717, 1.165) is 11.6 Å². The van der Waals surface area contributed by atoms with E-state index < -0.39 is 11.9 Å². The maximum atomic E-state index is 13.7. The van der Waals surface area contributed by atoms with Gasteiger partial charge in [-0.2, -0.15) is 5.26 Å². The molecule has 0 radical (unpaired) electrons. The van der Waals surface area contributed by atoms with Crippen molar-refractivity contribution in [1.29, 1.82) is 5.26 Å². The number of hydrogen-bond acceptors (Lipinski definition) is 3. The van der Waals surface area contributed by atoms with Crippen LogP contribution in [-0.2, 0) is 0 Å². The average molecular weight is 271 g/mol. The van der Waals surface area contributed by atoms with Crippen molar-refractivity contribution in [2.24, 2.45) is 0 Å². The first-order valence-corrected chi connectivity index (χ1v) is 6.29. The molecule has 3 nitrogen and oxygen atoms in total. The summed E-state index contributed by atoms with van der Waals surface area (Å²) in [6, 6.07) is 12.7. The van der Waals surface area contributed by atoms with Crippen LogP contribution in [0.5, 0.6) is 11.5 Å². The Bertz CT molecular complexity index is 632. The zero-order valence-electron chi connectivity index (χ0n) is 11.0. The molecule has 20 heavy (non-hydrogen) atoms. The normalized spacial score (nSPS) is 11.7. The van der Waals surface area contributed by atoms with Crippen LogP contribution in [0.15, 0.2) is 42.5 Å². The summed E-state index contributed by atoms with van der Waals surface area (Å²) in [5.41, 5.74) is 1.04. The van der Waals surface area contributed by atoms with Gasteiger partial charge in [0.15, 0.2) is 11.6 Å². The number of nitrogens with zero attached hydrogens (tertiary/aromatic N) is 1. The van der Waals surface area contributed by atoms with Crippen molar-refractivity contribution in [2.75, 3.05) is 0 Å². The summed E-state index contributed by atoms with van der Waals surface area (Å²) in [7, 11) is 0.